The predicted octanol–water partition coefficient (Wildman–Crippen LogP) is 5.57. The quantitative estimate of drug-likeness (QED) is 0.612. The molecule has 5 heteroatoms. The maximum Gasteiger partial charge on any atom is 0.229 e. The number of benzene rings is 2. The number of nitrogens with one attached hydrogen (secondary N) is 2. The summed E-state index contributed by atoms with van der Waals surface area (Å²) < 4.78 is 0. The first kappa shape index (κ1) is 18.3. The Kier molecular flexibility index (Phi) is 5.42. The van der Waals surface area contributed by atoms with Crippen LogP contribution in [0.3, 0.4) is 0 Å². The fourth-order valence-corrected chi connectivity index (χ4v) is 3.60. The summed E-state index contributed by atoms with van der Waals surface area (Å²) in [4.78, 5) is 11.6. The molecule has 0 saturated carbocycles. The molecule has 0 radical (unpaired) electrons. The second kappa shape index (κ2) is 8.30. The minimum atomic E-state index is 0.598. The molecule has 0 amide bonds. The Bertz CT molecular complexity index is 930. The van der Waals surface area contributed by atoms with E-state index in [1.165, 1.54) is 30.5 Å². The molecule has 2 N–H and O–H groups in total. The summed E-state index contributed by atoms with van der Waals surface area (Å²) in [5.41, 5.74) is 5.43. The van der Waals surface area contributed by atoms with Crippen molar-refractivity contribution in [3.8, 4) is 0 Å². The molecule has 2 heterocycles. The van der Waals surface area contributed by atoms with E-state index in [0.29, 0.717) is 5.95 Å². The van der Waals surface area contributed by atoms with Crippen LogP contribution < -0.4 is 15.5 Å². The van der Waals surface area contributed by atoms with Gasteiger partial charge in [0.2, 0.25) is 5.95 Å². The van der Waals surface area contributed by atoms with Crippen LogP contribution in [0.2, 0.25) is 0 Å². The molecule has 0 bridgehead atoms. The van der Waals surface area contributed by atoms with Gasteiger partial charge in [0.15, 0.2) is 0 Å². The van der Waals surface area contributed by atoms with Crippen molar-refractivity contribution in [1.82, 2.24) is 9.97 Å². The summed E-state index contributed by atoms with van der Waals surface area (Å²) >= 11 is 0. The molecule has 144 valence electrons. The monoisotopic (exact) mass is 373 g/mol. The van der Waals surface area contributed by atoms with Crippen LogP contribution in [0.25, 0.3) is 0 Å². The average molecular weight is 374 g/mol. The lowest BCUT2D eigenvalue weighted by Gasteiger charge is -2.28. The van der Waals surface area contributed by atoms with Gasteiger partial charge < -0.3 is 15.5 Å². The number of anilines is 5. The van der Waals surface area contributed by atoms with Crippen molar-refractivity contribution in [3.63, 3.8) is 0 Å². The Morgan fingerprint density at radius 3 is 2.32 bits per heavy atom. The van der Waals surface area contributed by atoms with E-state index < -0.39 is 0 Å². The fraction of sp³-hybridized carbons (Fsp3) is 0.304. The largest absolute Gasteiger partial charge is 0.372 e. The minimum Gasteiger partial charge on any atom is -0.372 e. The topological polar surface area (TPSA) is 53.1 Å². The third-order valence-electron chi connectivity index (χ3n) is 4.99. The van der Waals surface area contributed by atoms with Crippen LogP contribution in [0.15, 0.2) is 54.6 Å². The maximum absolute atomic E-state index is 4.62. The summed E-state index contributed by atoms with van der Waals surface area (Å²) in [7, 11) is 0. The number of hydrogen-bond acceptors (Lipinski definition) is 5. The summed E-state index contributed by atoms with van der Waals surface area (Å²) in [6, 6.07) is 18.8. The molecule has 0 atom stereocenters. The van der Waals surface area contributed by atoms with Crippen LogP contribution >= 0.6 is 0 Å². The van der Waals surface area contributed by atoms with Gasteiger partial charge in [-0.2, -0.15) is 4.98 Å². The fourth-order valence-electron chi connectivity index (χ4n) is 3.60. The summed E-state index contributed by atoms with van der Waals surface area (Å²) in [5, 5.41) is 6.70. The van der Waals surface area contributed by atoms with Gasteiger partial charge in [-0.05, 0) is 75.1 Å². The molecule has 1 saturated heterocycles. The van der Waals surface area contributed by atoms with Crippen molar-refractivity contribution in [2.24, 2.45) is 0 Å². The first-order valence-corrected chi connectivity index (χ1v) is 9.97. The van der Waals surface area contributed by atoms with Gasteiger partial charge in [0.25, 0.3) is 0 Å². The van der Waals surface area contributed by atoms with Gasteiger partial charge in [-0.25, -0.2) is 4.98 Å². The Morgan fingerprint density at radius 1 is 0.786 bits per heavy atom. The van der Waals surface area contributed by atoms with E-state index in [1.807, 2.05) is 25.1 Å². The zero-order valence-corrected chi connectivity index (χ0v) is 16.6. The number of rotatable bonds is 5. The van der Waals surface area contributed by atoms with Crippen LogP contribution in [0.4, 0.5) is 28.8 Å². The molecule has 1 aliphatic rings. The first-order chi connectivity index (χ1) is 13.7. The highest BCUT2D eigenvalue weighted by Gasteiger charge is 2.11. The molecule has 3 aromatic rings. The van der Waals surface area contributed by atoms with Gasteiger partial charge in [0.1, 0.15) is 5.82 Å². The minimum absolute atomic E-state index is 0.598. The lowest BCUT2D eigenvalue weighted by Crippen LogP contribution is -2.29. The number of aryl methyl sites for hydroxylation is 2. The van der Waals surface area contributed by atoms with E-state index in [2.05, 4.69) is 68.8 Å². The van der Waals surface area contributed by atoms with Gasteiger partial charge in [-0.3, -0.25) is 0 Å². The molecule has 1 fully saturated rings. The maximum atomic E-state index is 4.62. The van der Waals surface area contributed by atoms with Crippen LogP contribution in [0, 0.1) is 13.8 Å². The Morgan fingerprint density at radius 2 is 1.57 bits per heavy atom. The zero-order valence-electron chi connectivity index (χ0n) is 16.6. The highest BCUT2D eigenvalue weighted by molar-refractivity contribution is 5.62. The molecule has 5 nitrogen and oxygen atoms in total. The molecular formula is C23H27N5. The summed E-state index contributed by atoms with van der Waals surface area (Å²) in [6.45, 7) is 6.37. The molecular weight excluding hydrogens is 346 g/mol. The standard InChI is InChI=1S/C23H27N5/c1-17-7-6-8-20(15-17)25-22-16-18(2)24-23(27-22)26-19-9-11-21(12-10-19)28-13-4-3-5-14-28/h6-12,15-16H,3-5,13-14H2,1-2H3,(H2,24,25,26,27). The van der Waals surface area contributed by atoms with Crippen molar-refractivity contribution in [3.05, 3.63) is 65.9 Å². The van der Waals surface area contributed by atoms with Gasteiger partial charge in [-0.1, -0.05) is 12.1 Å². The second-order valence-electron chi connectivity index (χ2n) is 7.43. The molecule has 1 aliphatic heterocycles. The van der Waals surface area contributed by atoms with E-state index in [4.69, 9.17) is 0 Å². The Hall–Kier alpha value is -3.08. The van der Waals surface area contributed by atoms with Crippen molar-refractivity contribution in [1.29, 1.82) is 0 Å². The molecule has 0 unspecified atom stereocenters. The third-order valence-corrected chi connectivity index (χ3v) is 4.99. The molecule has 28 heavy (non-hydrogen) atoms. The van der Waals surface area contributed by atoms with E-state index in [-0.39, 0.29) is 0 Å². The Balaban J connectivity index is 1.47. The predicted molar refractivity (Wildman–Crippen MR) is 117 cm³/mol. The highest BCUT2D eigenvalue weighted by Crippen LogP contribution is 2.24. The number of aromatic nitrogens is 2. The van der Waals surface area contributed by atoms with Gasteiger partial charge >= 0.3 is 0 Å². The van der Waals surface area contributed by atoms with Crippen LogP contribution in [-0.2, 0) is 0 Å². The second-order valence-corrected chi connectivity index (χ2v) is 7.43. The molecule has 1 aromatic heterocycles. The number of nitrogens with zero attached hydrogens (tertiary/aromatic N) is 3. The number of hydrogen-bond donors (Lipinski definition) is 2. The van der Waals surface area contributed by atoms with Crippen molar-refractivity contribution in [2.45, 2.75) is 33.1 Å². The average Bonchev–Trinajstić information content (AvgIpc) is 2.69. The lowest BCUT2D eigenvalue weighted by atomic mass is 10.1. The molecule has 0 spiro atoms. The summed E-state index contributed by atoms with van der Waals surface area (Å²) in [6.07, 6.45) is 3.92. The SMILES string of the molecule is Cc1cccc(Nc2cc(C)nc(Nc3ccc(N4CCCCC4)cc3)n2)c1. The number of piperidine rings is 1. The normalized spacial score (nSPS) is 14.0. The van der Waals surface area contributed by atoms with Crippen LogP contribution in [0.1, 0.15) is 30.5 Å². The van der Waals surface area contributed by atoms with Crippen LogP contribution in [-0.4, -0.2) is 23.1 Å². The van der Waals surface area contributed by atoms with Crippen molar-refractivity contribution < 1.29 is 0 Å². The highest BCUT2D eigenvalue weighted by atomic mass is 15.2. The summed E-state index contributed by atoms with van der Waals surface area (Å²) in [5.74, 6) is 1.38. The van der Waals surface area contributed by atoms with Gasteiger partial charge in [0, 0.05) is 41.9 Å². The molecule has 2 aromatic carbocycles. The van der Waals surface area contributed by atoms with Crippen LogP contribution in [0.5, 0.6) is 0 Å². The smallest absolute Gasteiger partial charge is 0.229 e. The first-order valence-electron chi connectivity index (χ1n) is 9.97. The Labute approximate surface area is 166 Å². The molecule has 4 rings (SSSR count). The van der Waals surface area contributed by atoms with Crippen molar-refractivity contribution in [2.75, 3.05) is 28.6 Å². The van der Waals surface area contributed by atoms with E-state index in [9.17, 15) is 0 Å². The van der Waals surface area contributed by atoms with E-state index in [0.717, 1.165) is 36.0 Å². The molecule has 0 aliphatic carbocycles. The van der Waals surface area contributed by atoms with Gasteiger partial charge in [-0.15, -0.1) is 0 Å². The zero-order chi connectivity index (χ0) is 19.3. The van der Waals surface area contributed by atoms with E-state index >= 15 is 0 Å². The van der Waals surface area contributed by atoms with E-state index in [1.54, 1.807) is 0 Å². The van der Waals surface area contributed by atoms with Gasteiger partial charge in [0.05, 0.1) is 0 Å². The van der Waals surface area contributed by atoms with Crippen molar-refractivity contribution >= 4 is 28.8 Å². The lowest BCUT2D eigenvalue weighted by molar-refractivity contribution is 0.578. The third kappa shape index (κ3) is 4.60.